The Morgan fingerprint density at radius 2 is 1.81 bits per heavy atom. The SMILES string of the molecule is CC(C)[C@@H](C)C=C[C@H](C)[C@H]1CC[C@@H]2[C@]1(C)CC=C1[C@]23C=C[C@]2(C[C@@H](O)CC[C@]12C)OO3. The van der Waals surface area contributed by atoms with Crippen LogP contribution in [0.15, 0.2) is 36.0 Å². The van der Waals surface area contributed by atoms with Crippen molar-refractivity contribution >= 4 is 0 Å². The number of hydrogen-bond donors (Lipinski definition) is 1. The van der Waals surface area contributed by atoms with E-state index in [2.05, 4.69) is 71.9 Å². The summed E-state index contributed by atoms with van der Waals surface area (Å²) in [7, 11) is 0. The summed E-state index contributed by atoms with van der Waals surface area (Å²) in [6.45, 7) is 14.2. The van der Waals surface area contributed by atoms with Crippen LogP contribution in [0, 0.1) is 40.4 Å². The van der Waals surface area contributed by atoms with E-state index in [0.717, 1.165) is 19.3 Å². The van der Waals surface area contributed by atoms with Gasteiger partial charge in [-0.15, -0.1) is 0 Å². The van der Waals surface area contributed by atoms with Crippen LogP contribution in [0.3, 0.4) is 0 Å². The summed E-state index contributed by atoms with van der Waals surface area (Å²) in [5.74, 6) is 2.98. The third kappa shape index (κ3) is 2.82. The highest BCUT2D eigenvalue weighted by Gasteiger charge is 2.71. The molecule has 0 radical (unpaired) electrons. The van der Waals surface area contributed by atoms with Crippen LogP contribution >= 0.6 is 0 Å². The molecule has 0 unspecified atom stereocenters. The van der Waals surface area contributed by atoms with Gasteiger partial charge in [0, 0.05) is 17.8 Å². The van der Waals surface area contributed by atoms with Crippen LogP contribution in [0.2, 0.25) is 0 Å². The minimum atomic E-state index is -0.507. The summed E-state index contributed by atoms with van der Waals surface area (Å²) in [6, 6.07) is 0. The second-order valence-electron chi connectivity index (χ2n) is 12.3. The van der Waals surface area contributed by atoms with E-state index in [4.69, 9.17) is 9.78 Å². The Morgan fingerprint density at radius 3 is 2.48 bits per heavy atom. The van der Waals surface area contributed by atoms with Gasteiger partial charge < -0.3 is 5.11 Å². The molecule has 0 aromatic heterocycles. The van der Waals surface area contributed by atoms with Gasteiger partial charge in [-0.05, 0) is 78.9 Å². The molecule has 4 aliphatic carbocycles. The highest BCUT2D eigenvalue weighted by Crippen LogP contribution is 2.71. The smallest absolute Gasteiger partial charge is 0.147 e. The number of hydrogen-bond acceptors (Lipinski definition) is 3. The van der Waals surface area contributed by atoms with Crippen molar-refractivity contribution in [2.45, 2.75) is 97.4 Å². The summed E-state index contributed by atoms with van der Waals surface area (Å²) in [6.07, 6.45) is 17.8. The molecule has 2 aliphatic heterocycles. The monoisotopic (exact) mass is 426 g/mol. The fourth-order valence-electron chi connectivity index (χ4n) is 8.01. The zero-order valence-corrected chi connectivity index (χ0v) is 20.4. The Labute approximate surface area is 188 Å². The van der Waals surface area contributed by atoms with Crippen molar-refractivity contribution in [2.24, 2.45) is 40.4 Å². The van der Waals surface area contributed by atoms with Gasteiger partial charge >= 0.3 is 0 Å². The maximum absolute atomic E-state index is 10.4. The van der Waals surface area contributed by atoms with Crippen LogP contribution in [0.1, 0.15) is 80.1 Å². The van der Waals surface area contributed by atoms with E-state index in [0.29, 0.717) is 36.0 Å². The normalized spacial score (nSPS) is 50.2. The minimum Gasteiger partial charge on any atom is -0.393 e. The lowest BCUT2D eigenvalue weighted by Crippen LogP contribution is -2.69. The molecule has 2 heterocycles. The predicted molar refractivity (Wildman–Crippen MR) is 124 cm³/mol. The lowest BCUT2D eigenvalue weighted by Gasteiger charge is -2.66. The summed E-state index contributed by atoms with van der Waals surface area (Å²) in [4.78, 5) is 12.6. The quantitative estimate of drug-likeness (QED) is 0.418. The lowest BCUT2D eigenvalue weighted by atomic mass is 9.47. The van der Waals surface area contributed by atoms with Crippen molar-refractivity contribution < 1.29 is 14.9 Å². The van der Waals surface area contributed by atoms with Gasteiger partial charge in [0.05, 0.1) is 6.10 Å². The summed E-state index contributed by atoms with van der Waals surface area (Å²) in [5.41, 5.74) is 0.656. The minimum absolute atomic E-state index is 0.0726. The summed E-state index contributed by atoms with van der Waals surface area (Å²) < 4.78 is 0. The van der Waals surface area contributed by atoms with Gasteiger partial charge in [-0.1, -0.05) is 59.8 Å². The van der Waals surface area contributed by atoms with Crippen LogP contribution in [0.25, 0.3) is 0 Å². The second kappa shape index (κ2) is 7.05. The topological polar surface area (TPSA) is 38.7 Å². The Balaban J connectivity index is 1.48. The first-order valence-corrected chi connectivity index (χ1v) is 12.7. The van der Waals surface area contributed by atoms with Gasteiger partial charge in [0.25, 0.3) is 0 Å². The van der Waals surface area contributed by atoms with Gasteiger partial charge in [-0.2, -0.15) is 0 Å². The Kier molecular flexibility index (Phi) is 4.98. The molecule has 0 aromatic rings. The maximum atomic E-state index is 10.4. The molecule has 1 saturated heterocycles. The molecule has 6 rings (SSSR count). The number of rotatable bonds is 4. The molecule has 6 aliphatic rings. The van der Waals surface area contributed by atoms with Gasteiger partial charge in [-0.3, -0.25) is 0 Å². The van der Waals surface area contributed by atoms with Crippen molar-refractivity contribution in [1.82, 2.24) is 0 Å². The molecule has 172 valence electrons. The zero-order chi connectivity index (χ0) is 22.2. The van der Waals surface area contributed by atoms with E-state index in [9.17, 15) is 5.11 Å². The highest BCUT2D eigenvalue weighted by atomic mass is 17.2. The molecule has 1 N–H and O–H groups in total. The van der Waals surface area contributed by atoms with Crippen LogP contribution in [-0.2, 0) is 9.78 Å². The third-order valence-electron chi connectivity index (χ3n) is 10.5. The van der Waals surface area contributed by atoms with Crippen molar-refractivity contribution in [2.75, 3.05) is 0 Å². The molecule has 31 heavy (non-hydrogen) atoms. The molecular formula is C28H42O3. The Hall–Kier alpha value is -0.900. The molecule has 2 spiro atoms. The molecular weight excluding hydrogens is 384 g/mol. The van der Waals surface area contributed by atoms with E-state index in [1.54, 1.807) is 0 Å². The zero-order valence-electron chi connectivity index (χ0n) is 20.4. The second-order valence-corrected chi connectivity index (χ2v) is 12.3. The standard InChI is InChI=1S/C28H42O3/c1-18(2)19(3)7-8-20(4)22-9-10-23-25(22,5)13-12-24-26(6)14-11-21(29)17-27(26)15-16-28(23,24)31-30-27/h7-8,12,15-16,18-23,29H,9-11,13-14,17H2,1-6H3/t19-,20-,21-,22+,23+,25+,26+,27+,28-/m0/s1. The number of aliphatic hydroxyl groups excluding tert-OH is 1. The number of fused-ring (bicyclic) bond motifs is 2. The number of aliphatic hydroxyl groups is 1. The molecule has 0 amide bonds. The molecule has 2 saturated carbocycles. The van der Waals surface area contributed by atoms with Gasteiger partial charge in [0.15, 0.2) is 0 Å². The van der Waals surface area contributed by atoms with Crippen LogP contribution in [0.5, 0.6) is 0 Å². The average molecular weight is 427 g/mol. The third-order valence-corrected chi connectivity index (χ3v) is 10.5. The largest absolute Gasteiger partial charge is 0.393 e. The van der Waals surface area contributed by atoms with Crippen LogP contribution in [-0.4, -0.2) is 22.4 Å². The fraction of sp³-hybridized carbons (Fsp3) is 0.786. The first kappa shape index (κ1) is 21.9. The van der Waals surface area contributed by atoms with Crippen molar-refractivity contribution in [3.8, 4) is 0 Å². The maximum Gasteiger partial charge on any atom is 0.147 e. The first-order valence-electron chi connectivity index (χ1n) is 12.7. The van der Waals surface area contributed by atoms with Crippen molar-refractivity contribution in [3.05, 3.63) is 36.0 Å². The molecule has 3 fully saturated rings. The van der Waals surface area contributed by atoms with Crippen molar-refractivity contribution in [1.29, 1.82) is 0 Å². The van der Waals surface area contributed by atoms with Gasteiger partial charge in [-0.25, -0.2) is 9.78 Å². The molecule has 3 nitrogen and oxygen atoms in total. The highest BCUT2D eigenvalue weighted by molar-refractivity contribution is 5.48. The van der Waals surface area contributed by atoms with Crippen LogP contribution < -0.4 is 0 Å². The summed E-state index contributed by atoms with van der Waals surface area (Å²) >= 11 is 0. The molecule has 2 bridgehead atoms. The number of allylic oxidation sites excluding steroid dienone is 3. The fourth-order valence-corrected chi connectivity index (χ4v) is 8.01. The molecule has 3 heteroatoms. The van der Waals surface area contributed by atoms with Crippen molar-refractivity contribution in [3.63, 3.8) is 0 Å². The average Bonchev–Trinajstić information content (AvgIpc) is 3.09. The van der Waals surface area contributed by atoms with E-state index in [1.807, 2.05) is 0 Å². The van der Waals surface area contributed by atoms with E-state index in [-0.39, 0.29) is 16.9 Å². The Morgan fingerprint density at radius 1 is 1.03 bits per heavy atom. The Bertz CT molecular complexity index is 826. The predicted octanol–water partition coefficient (Wildman–Crippen LogP) is 6.39. The molecule has 9 atom stereocenters. The summed E-state index contributed by atoms with van der Waals surface area (Å²) in [5, 5.41) is 10.4. The van der Waals surface area contributed by atoms with E-state index in [1.165, 1.54) is 18.4 Å². The van der Waals surface area contributed by atoms with Crippen LogP contribution in [0.4, 0.5) is 0 Å². The van der Waals surface area contributed by atoms with Gasteiger partial charge in [0.2, 0.25) is 0 Å². The van der Waals surface area contributed by atoms with E-state index < -0.39 is 11.2 Å². The lowest BCUT2D eigenvalue weighted by molar-refractivity contribution is -0.455. The molecule has 0 aromatic carbocycles. The first-order chi connectivity index (χ1) is 14.6. The van der Waals surface area contributed by atoms with E-state index >= 15 is 0 Å². The van der Waals surface area contributed by atoms with Gasteiger partial charge in [0.1, 0.15) is 11.2 Å².